The molecule has 1 saturated carbocycles. The first kappa shape index (κ1) is 23.7. The SMILES string of the molecule is C=C(CC)C(=CC=C(C)C)C1CC1COc1nc(C)ncc1-c1cc(C)c(=O)n(CC)c1. The van der Waals surface area contributed by atoms with Crippen LogP contribution in [0, 0.1) is 25.7 Å². The smallest absolute Gasteiger partial charge is 0.253 e. The van der Waals surface area contributed by atoms with Gasteiger partial charge < -0.3 is 9.30 Å². The van der Waals surface area contributed by atoms with Crippen LogP contribution in [0.15, 0.2) is 58.7 Å². The van der Waals surface area contributed by atoms with Crippen molar-refractivity contribution in [3.8, 4) is 17.0 Å². The normalized spacial score (nSPS) is 17.8. The van der Waals surface area contributed by atoms with Crippen LogP contribution in [0.1, 0.15) is 51.9 Å². The number of hydrogen-bond acceptors (Lipinski definition) is 4. The number of aryl methyl sites for hydroxylation is 3. The van der Waals surface area contributed by atoms with Gasteiger partial charge in [0.15, 0.2) is 0 Å². The molecule has 0 aromatic carbocycles. The summed E-state index contributed by atoms with van der Waals surface area (Å²) in [4.78, 5) is 21.3. The molecule has 2 aromatic rings. The van der Waals surface area contributed by atoms with Gasteiger partial charge >= 0.3 is 0 Å². The first-order chi connectivity index (χ1) is 15.2. The first-order valence-electron chi connectivity index (χ1n) is 11.5. The van der Waals surface area contributed by atoms with Crippen LogP contribution in [0.25, 0.3) is 11.1 Å². The number of ether oxygens (including phenoxy) is 1. The lowest BCUT2D eigenvalue weighted by Crippen LogP contribution is -2.21. The number of aromatic nitrogens is 3. The van der Waals surface area contributed by atoms with E-state index in [9.17, 15) is 4.79 Å². The van der Waals surface area contributed by atoms with E-state index in [4.69, 9.17) is 4.74 Å². The number of nitrogens with zero attached hydrogens (tertiary/aromatic N) is 3. The molecule has 0 amide bonds. The highest BCUT2D eigenvalue weighted by molar-refractivity contribution is 5.67. The second-order valence-corrected chi connectivity index (χ2v) is 8.88. The quantitative estimate of drug-likeness (QED) is 0.468. The summed E-state index contributed by atoms with van der Waals surface area (Å²) in [6.45, 7) is 17.5. The van der Waals surface area contributed by atoms with Crippen molar-refractivity contribution in [1.29, 1.82) is 0 Å². The van der Waals surface area contributed by atoms with Crippen LogP contribution in [0.2, 0.25) is 0 Å². The molecule has 5 heteroatoms. The zero-order valence-corrected chi connectivity index (χ0v) is 20.2. The van der Waals surface area contributed by atoms with Gasteiger partial charge in [-0.05, 0) is 65.0 Å². The molecule has 1 fully saturated rings. The van der Waals surface area contributed by atoms with Crippen molar-refractivity contribution in [2.75, 3.05) is 6.61 Å². The molecule has 1 aliphatic carbocycles. The molecule has 170 valence electrons. The maximum atomic E-state index is 12.3. The first-order valence-corrected chi connectivity index (χ1v) is 11.5. The van der Waals surface area contributed by atoms with E-state index in [2.05, 4.69) is 49.5 Å². The molecular weight excluding hydrogens is 398 g/mol. The van der Waals surface area contributed by atoms with Crippen molar-refractivity contribution >= 4 is 0 Å². The molecule has 0 bridgehead atoms. The van der Waals surface area contributed by atoms with Crippen molar-refractivity contribution in [2.45, 2.75) is 60.9 Å². The lowest BCUT2D eigenvalue weighted by Gasteiger charge is -2.14. The standard InChI is InChI=1S/C27H35N3O2/c1-8-18(5)23(11-10-17(3)4)24-13-22(24)16-32-26-25(14-28-20(7)29-26)21-12-19(6)27(31)30(9-2)15-21/h10-12,14-15,22,24H,5,8-9,13,16H2,1-4,6-7H3. The van der Waals surface area contributed by atoms with Gasteiger partial charge in [0.05, 0.1) is 12.2 Å². The highest BCUT2D eigenvalue weighted by Crippen LogP contribution is 2.47. The van der Waals surface area contributed by atoms with Crippen molar-refractivity contribution in [2.24, 2.45) is 11.8 Å². The molecule has 2 aromatic heterocycles. The van der Waals surface area contributed by atoms with Gasteiger partial charge in [-0.15, -0.1) is 0 Å². The van der Waals surface area contributed by atoms with Gasteiger partial charge in [0, 0.05) is 36.0 Å². The molecule has 0 N–H and O–H groups in total. The summed E-state index contributed by atoms with van der Waals surface area (Å²) >= 11 is 0. The van der Waals surface area contributed by atoms with Gasteiger partial charge in [-0.25, -0.2) is 4.98 Å². The van der Waals surface area contributed by atoms with Crippen LogP contribution >= 0.6 is 0 Å². The maximum Gasteiger partial charge on any atom is 0.253 e. The summed E-state index contributed by atoms with van der Waals surface area (Å²) in [5, 5.41) is 0. The molecule has 0 spiro atoms. The summed E-state index contributed by atoms with van der Waals surface area (Å²) in [6.07, 6.45) is 10.1. The Labute approximate surface area is 191 Å². The van der Waals surface area contributed by atoms with E-state index in [0.717, 1.165) is 24.0 Å². The highest BCUT2D eigenvalue weighted by atomic mass is 16.5. The minimum atomic E-state index is 0.0272. The monoisotopic (exact) mass is 433 g/mol. The minimum Gasteiger partial charge on any atom is -0.477 e. The fraction of sp³-hybridized carbons (Fsp3) is 0.444. The number of hydrogen-bond donors (Lipinski definition) is 0. The molecule has 5 nitrogen and oxygen atoms in total. The molecule has 0 saturated heterocycles. The molecule has 3 rings (SSSR count). The zero-order valence-electron chi connectivity index (χ0n) is 20.2. The van der Waals surface area contributed by atoms with Gasteiger partial charge in [-0.3, -0.25) is 4.79 Å². The van der Waals surface area contributed by atoms with Crippen molar-refractivity contribution in [1.82, 2.24) is 14.5 Å². The maximum absolute atomic E-state index is 12.3. The van der Waals surface area contributed by atoms with E-state index in [1.54, 1.807) is 10.8 Å². The largest absolute Gasteiger partial charge is 0.477 e. The summed E-state index contributed by atoms with van der Waals surface area (Å²) < 4.78 is 7.96. The number of pyridine rings is 1. The predicted molar refractivity (Wildman–Crippen MR) is 131 cm³/mol. The Hall–Kier alpha value is -2.95. The van der Waals surface area contributed by atoms with E-state index in [-0.39, 0.29) is 5.56 Å². The number of allylic oxidation sites excluding steroid dienone is 5. The molecular formula is C27H35N3O2. The second-order valence-electron chi connectivity index (χ2n) is 8.88. The molecule has 0 aliphatic heterocycles. The average Bonchev–Trinajstić information content (AvgIpc) is 3.53. The fourth-order valence-corrected chi connectivity index (χ4v) is 3.89. The van der Waals surface area contributed by atoms with Crippen LogP contribution in [0.3, 0.4) is 0 Å². The third-order valence-corrected chi connectivity index (χ3v) is 5.98. The third kappa shape index (κ3) is 5.45. The van der Waals surface area contributed by atoms with Crippen LogP contribution in [-0.4, -0.2) is 21.1 Å². The Balaban J connectivity index is 1.82. The topological polar surface area (TPSA) is 57.0 Å². The minimum absolute atomic E-state index is 0.0272. The van der Waals surface area contributed by atoms with Gasteiger partial charge in [0.25, 0.3) is 5.56 Å². The summed E-state index contributed by atoms with van der Waals surface area (Å²) in [5.41, 5.74) is 6.26. The van der Waals surface area contributed by atoms with Crippen LogP contribution in [-0.2, 0) is 6.54 Å². The van der Waals surface area contributed by atoms with Gasteiger partial charge in [-0.1, -0.05) is 36.8 Å². The Morgan fingerprint density at radius 2 is 2.03 bits per heavy atom. The van der Waals surface area contributed by atoms with Crippen molar-refractivity contribution in [3.63, 3.8) is 0 Å². The van der Waals surface area contributed by atoms with E-state index < -0.39 is 0 Å². The highest BCUT2D eigenvalue weighted by Gasteiger charge is 2.40. The fourth-order valence-electron chi connectivity index (χ4n) is 3.89. The Morgan fingerprint density at radius 3 is 2.69 bits per heavy atom. The Bertz CT molecular complexity index is 1120. The van der Waals surface area contributed by atoms with E-state index in [0.29, 0.717) is 42.3 Å². The average molecular weight is 434 g/mol. The van der Waals surface area contributed by atoms with Crippen molar-refractivity contribution in [3.05, 3.63) is 75.7 Å². The third-order valence-electron chi connectivity index (χ3n) is 5.98. The van der Waals surface area contributed by atoms with Gasteiger partial charge in [-0.2, -0.15) is 4.98 Å². The zero-order chi connectivity index (χ0) is 23.4. The van der Waals surface area contributed by atoms with E-state index in [1.807, 2.05) is 33.0 Å². The molecule has 1 aliphatic rings. The molecule has 32 heavy (non-hydrogen) atoms. The van der Waals surface area contributed by atoms with Crippen LogP contribution < -0.4 is 10.3 Å². The molecule has 2 unspecified atom stereocenters. The summed E-state index contributed by atoms with van der Waals surface area (Å²) in [7, 11) is 0. The summed E-state index contributed by atoms with van der Waals surface area (Å²) in [6, 6.07) is 1.89. The predicted octanol–water partition coefficient (Wildman–Crippen LogP) is 5.82. The molecule has 0 radical (unpaired) electrons. The van der Waals surface area contributed by atoms with Crippen LogP contribution in [0.4, 0.5) is 0 Å². The van der Waals surface area contributed by atoms with E-state index >= 15 is 0 Å². The van der Waals surface area contributed by atoms with E-state index in [1.165, 1.54) is 16.7 Å². The second kappa shape index (κ2) is 10.1. The summed E-state index contributed by atoms with van der Waals surface area (Å²) in [5.74, 6) is 2.17. The van der Waals surface area contributed by atoms with Crippen molar-refractivity contribution < 1.29 is 4.74 Å². The molecule has 2 heterocycles. The Kier molecular flexibility index (Phi) is 7.49. The Morgan fingerprint density at radius 1 is 1.28 bits per heavy atom. The van der Waals surface area contributed by atoms with Gasteiger partial charge in [0.1, 0.15) is 5.82 Å². The lowest BCUT2D eigenvalue weighted by atomic mass is 9.98. The van der Waals surface area contributed by atoms with Crippen LogP contribution in [0.5, 0.6) is 5.88 Å². The number of rotatable bonds is 9. The van der Waals surface area contributed by atoms with Gasteiger partial charge in [0.2, 0.25) is 5.88 Å². The lowest BCUT2D eigenvalue weighted by molar-refractivity contribution is 0.284. The molecule has 2 atom stereocenters.